The van der Waals surface area contributed by atoms with E-state index in [1.165, 1.54) is 19.3 Å². The summed E-state index contributed by atoms with van der Waals surface area (Å²) in [4.78, 5) is 20.7. The van der Waals surface area contributed by atoms with Gasteiger partial charge in [-0.25, -0.2) is 9.59 Å². The van der Waals surface area contributed by atoms with Crippen LogP contribution in [0.2, 0.25) is 5.02 Å². The molecule has 31 heavy (non-hydrogen) atoms. The van der Waals surface area contributed by atoms with Crippen LogP contribution in [0, 0.1) is 5.92 Å². The number of anilines is 1. The van der Waals surface area contributed by atoms with Gasteiger partial charge in [0.15, 0.2) is 5.79 Å². The molecule has 0 aromatic heterocycles. The van der Waals surface area contributed by atoms with Gasteiger partial charge in [0.25, 0.3) is 0 Å². The van der Waals surface area contributed by atoms with Crippen molar-refractivity contribution < 1.29 is 29.3 Å². The molecular weight excluding hydrogens is 424 g/mol. The number of methoxy groups -OCH3 is 2. The summed E-state index contributed by atoms with van der Waals surface area (Å²) in [7, 11) is 3.55. The molecule has 0 saturated carbocycles. The van der Waals surface area contributed by atoms with E-state index < -0.39 is 17.7 Å². The van der Waals surface area contributed by atoms with Crippen LogP contribution in [0.4, 0.5) is 5.69 Å². The molecule has 1 aromatic carbocycles. The molecule has 8 nitrogen and oxygen atoms in total. The Morgan fingerprint density at radius 1 is 1.23 bits per heavy atom. The number of ether oxygens (including phenoxy) is 2. The van der Waals surface area contributed by atoms with Crippen LogP contribution in [0.15, 0.2) is 24.3 Å². The number of hydrogen-bond acceptors (Lipinski definition) is 6. The van der Waals surface area contributed by atoms with Crippen molar-refractivity contribution in [1.29, 1.82) is 0 Å². The first-order chi connectivity index (χ1) is 14.8. The number of benzene rings is 1. The van der Waals surface area contributed by atoms with Crippen molar-refractivity contribution in [1.82, 2.24) is 4.90 Å². The SMILES string of the molecule is CCCCCN1CCC(CCNc2cccc(Cl)c2)C(OC)(OC)C1.O=C(O)C(=O)O. The lowest BCUT2D eigenvalue weighted by atomic mass is 9.87. The molecule has 176 valence electrons. The third-order valence-electron chi connectivity index (χ3n) is 5.46. The summed E-state index contributed by atoms with van der Waals surface area (Å²) in [6, 6.07) is 7.86. The molecule has 1 saturated heterocycles. The maximum Gasteiger partial charge on any atom is 0.414 e. The van der Waals surface area contributed by atoms with Crippen LogP contribution in [0.5, 0.6) is 0 Å². The van der Waals surface area contributed by atoms with E-state index >= 15 is 0 Å². The van der Waals surface area contributed by atoms with E-state index in [1.807, 2.05) is 24.3 Å². The highest BCUT2D eigenvalue weighted by atomic mass is 35.5. The van der Waals surface area contributed by atoms with E-state index in [0.29, 0.717) is 5.92 Å². The molecule has 1 heterocycles. The Hall–Kier alpha value is -1.87. The molecule has 0 amide bonds. The highest BCUT2D eigenvalue weighted by Gasteiger charge is 2.43. The molecule has 2 rings (SSSR count). The van der Waals surface area contributed by atoms with Crippen molar-refractivity contribution >= 4 is 29.2 Å². The number of likely N-dealkylation sites (tertiary alicyclic amines) is 1. The number of piperidine rings is 1. The molecule has 3 N–H and O–H groups in total. The Labute approximate surface area is 189 Å². The Morgan fingerprint density at radius 3 is 2.45 bits per heavy atom. The van der Waals surface area contributed by atoms with Crippen molar-refractivity contribution in [3.63, 3.8) is 0 Å². The van der Waals surface area contributed by atoms with E-state index in [2.05, 4.69) is 17.1 Å². The number of halogens is 1. The monoisotopic (exact) mass is 458 g/mol. The number of nitrogens with zero attached hydrogens (tertiary/aromatic N) is 1. The summed E-state index contributed by atoms with van der Waals surface area (Å²) >= 11 is 6.05. The van der Waals surface area contributed by atoms with Crippen LogP contribution in [0.3, 0.4) is 0 Å². The van der Waals surface area contributed by atoms with Crippen molar-refractivity contribution in [2.45, 2.75) is 44.8 Å². The third kappa shape index (κ3) is 9.43. The average molecular weight is 459 g/mol. The molecule has 1 unspecified atom stereocenters. The fourth-order valence-electron chi connectivity index (χ4n) is 3.75. The van der Waals surface area contributed by atoms with Crippen LogP contribution >= 0.6 is 11.6 Å². The second-order valence-electron chi connectivity index (χ2n) is 7.53. The second kappa shape index (κ2) is 14.2. The summed E-state index contributed by atoms with van der Waals surface area (Å²) in [6.45, 7) is 6.24. The zero-order valence-corrected chi connectivity index (χ0v) is 19.4. The van der Waals surface area contributed by atoms with E-state index in [4.69, 9.17) is 40.9 Å². The molecule has 0 radical (unpaired) electrons. The topological polar surface area (TPSA) is 108 Å². The van der Waals surface area contributed by atoms with Crippen LogP contribution in [-0.4, -0.2) is 73.2 Å². The standard InChI is InChI=1S/C20H33ClN2O2.C2H2O4/c1-4-5-6-13-23-14-11-17(20(16-23,24-2)25-3)10-12-22-19-9-7-8-18(21)15-19;3-1(4)2(5)6/h7-9,15,17,22H,4-6,10-14,16H2,1-3H3;(H,3,4)(H,5,6). The highest BCUT2D eigenvalue weighted by Crippen LogP contribution is 2.34. The minimum atomic E-state index is -1.82. The summed E-state index contributed by atoms with van der Waals surface area (Å²) in [6.07, 6.45) is 5.91. The van der Waals surface area contributed by atoms with Gasteiger partial charge in [0, 0.05) is 37.4 Å². The zero-order chi connectivity index (χ0) is 23.3. The van der Waals surface area contributed by atoms with Crippen LogP contribution in [0.1, 0.15) is 39.0 Å². The second-order valence-corrected chi connectivity index (χ2v) is 7.96. The van der Waals surface area contributed by atoms with Gasteiger partial charge in [-0.3, -0.25) is 4.90 Å². The van der Waals surface area contributed by atoms with Gasteiger partial charge < -0.3 is 25.0 Å². The Balaban J connectivity index is 0.000000703. The average Bonchev–Trinajstić information content (AvgIpc) is 2.75. The quantitative estimate of drug-likeness (QED) is 0.276. The lowest BCUT2D eigenvalue weighted by Gasteiger charge is -2.46. The smallest absolute Gasteiger partial charge is 0.414 e. The maximum atomic E-state index is 9.10. The molecule has 1 aliphatic rings. The minimum absolute atomic E-state index is 0.386. The Morgan fingerprint density at radius 2 is 1.90 bits per heavy atom. The first-order valence-electron chi connectivity index (χ1n) is 10.6. The van der Waals surface area contributed by atoms with Gasteiger partial charge >= 0.3 is 11.9 Å². The fourth-order valence-corrected chi connectivity index (χ4v) is 3.94. The lowest BCUT2D eigenvalue weighted by molar-refractivity contribution is -0.263. The number of carboxylic acids is 2. The van der Waals surface area contributed by atoms with Gasteiger partial charge in [0.05, 0.1) is 6.54 Å². The van der Waals surface area contributed by atoms with E-state index in [9.17, 15) is 0 Å². The van der Waals surface area contributed by atoms with E-state index in [0.717, 1.165) is 49.7 Å². The number of carbonyl (C=O) groups is 2. The Kier molecular flexibility index (Phi) is 12.5. The predicted octanol–water partition coefficient (Wildman–Crippen LogP) is 3.80. The first-order valence-corrected chi connectivity index (χ1v) is 10.9. The number of unbranched alkanes of at least 4 members (excludes halogenated alkanes) is 2. The van der Waals surface area contributed by atoms with Crippen LogP contribution in [-0.2, 0) is 19.1 Å². The van der Waals surface area contributed by atoms with Gasteiger partial charge in [-0.15, -0.1) is 0 Å². The Bertz CT molecular complexity index is 672. The summed E-state index contributed by atoms with van der Waals surface area (Å²) in [5.41, 5.74) is 1.06. The van der Waals surface area contributed by atoms with Crippen molar-refractivity contribution in [3.05, 3.63) is 29.3 Å². The largest absolute Gasteiger partial charge is 0.473 e. The number of carboxylic acid groups (broad SMARTS) is 2. The molecule has 1 aromatic rings. The van der Waals surface area contributed by atoms with Gasteiger partial charge in [-0.1, -0.05) is 37.4 Å². The van der Waals surface area contributed by atoms with Crippen molar-refractivity contribution in [3.8, 4) is 0 Å². The third-order valence-corrected chi connectivity index (χ3v) is 5.69. The molecule has 1 atom stereocenters. The first kappa shape index (κ1) is 27.2. The fraction of sp³-hybridized carbons (Fsp3) is 0.636. The van der Waals surface area contributed by atoms with Crippen LogP contribution < -0.4 is 5.32 Å². The molecule has 0 bridgehead atoms. The number of hydrogen-bond donors (Lipinski definition) is 3. The normalized spacial score (nSPS) is 18.0. The van der Waals surface area contributed by atoms with Crippen LogP contribution in [0.25, 0.3) is 0 Å². The molecule has 1 fully saturated rings. The molecule has 0 aliphatic carbocycles. The summed E-state index contributed by atoms with van der Waals surface area (Å²) in [5, 5.41) is 19.0. The summed E-state index contributed by atoms with van der Waals surface area (Å²) in [5.74, 6) is -3.76. The molecule has 1 aliphatic heterocycles. The summed E-state index contributed by atoms with van der Waals surface area (Å²) < 4.78 is 11.8. The molecular formula is C22H35ClN2O6. The number of rotatable bonds is 10. The lowest BCUT2D eigenvalue weighted by Crippen LogP contribution is -2.56. The number of aliphatic carboxylic acids is 2. The zero-order valence-electron chi connectivity index (χ0n) is 18.6. The molecule has 9 heteroatoms. The maximum absolute atomic E-state index is 9.10. The van der Waals surface area contributed by atoms with Gasteiger partial charge in [0.2, 0.25) is 0 Å². The highest BCUT2D eigenvalue weighted by molar-refractivity contribution is 6.30. The van der Waals surface area contributed by atoms with Crippen molar-refractivity contribution in [2.24, 2.45) is 5.92 Å². The van der Waals surface area contributed by atoms with Gasteiger partial charge in [0.1, 0.15) is 0 Å². The minimum Gasteiger partial charge on any atom is -0.473 e. The van der Waals surface area contributed by atoms with Crippen molar-refractivity contribution in [2.75, 3.05) is 45.7 Å². The van der Waals surface area contributed by atoms with Gasteiger partial charge in [-0.2, -0.15) is 0 Å². The van der Waals surface area contributed by atoms with E-state index in [1.54, 1.807) is 14.2 Å². The van der Waals surface area contributed by atoms with E-state index in [-0.39, 0.29) is 0 Å². The predicted molar refractivity (Wildman–Crippen MR) is 121 cm³/mol. The van der Waals surface area contributed by atoms with Gasteiger partial charge in [-0.05, 0) is 50.6 Å². The molecule has 0 spiro atoms. The number of nitrogens with one attached hydrogen (secondary N) is 1.